The fraction of sp³-hybridized carbons (Fsp3) is 0.208. The van der Waals surface area contributed by atoms with Crippen LogP contribution in [0, 0.1) is 20.8 Å². The Morgan fingerprint density at radius 2 is 1.50 bits per heavy atom. The number of anilines is 1. The van der Waals surface area contributed by atoms with E-state index in [9.17, 15) is 13.2 Å². The number of carbonyl (C=O) groups is 1. The fourth-order valence-corrected chi connectivity index (χ4v) is 5.05. The van der Waals surface area contributed by atoms with Crippen molar-refractivity contribution in [2.75, 3.05) is 4.31 Å². The van der Waals surface area contributed by atoms with Gasteiger partial charge in [-0.25, -0.2) is 8.42 Å². The number of amides is 1. The van der Waals surface area contributed by atoms with Crippen LogP contribution in [-0.2, 0) is 14.8 Å². The van der Waals surface area contributed by atoms with E-state index in [2.05, 4.69) is 0 Å². The molecule has 0 heterocycles. The van der Waals surface area contributed by atoms with E-state index >= 15 is 0 Å². The second-order valence-corrected chi connectivity index (χ2v) is 10.2. The molecule has 0 aliphatic heterocycles. The fourth-order valence-electron chi connectivity index (χ4n) is 3.17. The third-order valence-electron chi connectivity index (χ3n) is 4.92. The standard InChI is InChI=1S/C24H23Cl2NO4S/c1-15-5-6-16(2)22(13-15)27(32(29,30)21-10-7-19(25)8-11-21)24(28)18(4)31-23-12-9-20(26)14-17(23)3/h5-14,18H,1-4H3. The minimum atomic E-state index is -4.24. The molecule has 1 unspecified atom stereocenters. The number of halogens is 2. The van der Waals surface area contributed by atoms with Crippen LogP contribution >= 0.6 is 23.2 Å². The van der Waals surface area contributed by atoms with Gasteiger partial charge in [0.15, 0.2) is 6.10 Å². The molecule has 1 amide bonds. The highest BCUT2D eigenvalue weighted by molar-refractivity contribution is 7.93. The van der Waals surface area contributed by atoms with Crippen LogP contribution in [0.1, 0.15) is 23.6 Å². The number of nitrogens with zero attached hydrogens (tertiary/aromatic N) is 1. The van der Waals surface area contributed by atoms with Gasteiger partial charge in [0.2, 0.25) is 0 Å². The monoisotopic (exact) mass is 491 g/mol. The number of aryl methyl sites for hydroxylation is 3. The number of ether oxygens (including phenoxy) is 1. The maximum Gasteiger partial charge on any atom is 0.281 e. The van der Waals surface area contributed by atoms with Gasteiger partial charge in [-0.2, -0.15) is 4.31 Å². The van der Waals surface area contributed by atoms with E-state index in [0.717, 1.165) is 15.4 Å². The molecule has 3 rings (SSSR count). The summed E-state index contributed by atoms with van der Waals surface area (Å²) in [5.41, 5.74) is 2.46. The summed E-state index contributed by atoms with van der Waals surface area (Å²) in [5.74, 6) is -0.275. The molecule has 32 heavy (non-hydrogen) atoms. The summed E-state index contributed by atoms with van der Waals surface area (Å²) >= 11 is 11.9. The van der Waals surface area contributed by atoms with Crippen molar-refractivity contribution in [1.29, 1.82) is 0 Å². The van der Waals surface area contributed by atoms with E-state index in [1.165, 1.54) is 31.2 Å². The maximum atomic E-state index is 13.6. The summed E-state index contributed by atoms with van der Waals surface area (Å²) < 4.78 is 33.9. The molecule has 1 atom stereocenters. The van der Waals surface area contributed by atoms with E-state index in [4.69, 9.17) is 27.9 Å². The number of hydrogen-bond donors (Lipinski definition) is 0. The summed E-state index contributed by atoms with van der Waals surface area (Å²) in [6, 6.07) is 16.0. The van der Waals surface area contributed by atoms with Crippen molar-refractivity contribution in [2.45, 2.75) is 38.7 Å². The van der Waals surface area contributed by atoms with Gasteiger partial charge in [0, 0.05) is 10.0 Å². The largest absolute Gasteiger partial charge is 0.481 e. The van der Waals surface area contributed by atoms with Gasteiger partial charge in [-0.15, -0.1) is 0 Å². The van der Waals surface area contributed by atoms with E-state index in [1.54, 1.807) is 44.2 Å². The maximum absolute atomic E-state index is 13.6. The molecule has 0 N–H and O–H groups in total. The highest BCUT2D eigenvalue weighted by atomic mass is 35.5. The molecule has 0 aliphatic carbocycles. The second-order valence-electron chi connectivity index (χ2n) is 7.52. The molecule has 5 nitrogen and oxygen atoms in total. The molecule has 0 aromatic heterocycles. The van der Waals surface area contributed by atoms with Crippen molar-refractivity contribution in [1.82, 2.24) is 0 Å². The Morgan fingerprint density at radius 1 is 0.875 bits per heavy atom. The Balaban J connectivity index is 2.08. The molecule has 0 bridgehead atoms. The molecule has 0 spiro atoms. The quantitative estimate of drug-likeness (QED) is 0.417. The van der Waals surface area contributed by atoms with Crippen molar-refractivity contribution in [2.24, 2.45) is 0 Å². The van der Waals surface area contributed by atoms with Gasteiger partial charge in [-0.1, -0.05) is 35.3 Å². The van der Waals surface area contributed by atoms with Crippen LogP contribution in [-0.4, -0.2) is 20.4 Å². The van der Waals surface area contributed by atoms with Crippen molar-refractivity contribution >= 4 is 44.8 Å². The minimum Gasteiger partial charge on any atom is -0.481 e. The zero-order chi connectivity index (χ0) is 23.6. The lowest BCUT2D eigenvalue weighted by Crippen LogP contribution is -2.44. The number of sulfonamides is 1. The van der Waals surface area contributed by atoms with Crippen LogP contribution in [0.2, 0.25) is 10.0 Å². The first kappa shape index (κ1) is 24.1. The third-order valence-corrected chi connectivity index (χ3v) is 7.14. The average molecular weight is 492 g/mol. The minimum absolute atomic E-state index is 0.0500. The van der Waals surface area contributed by atoms with Crippen LogP contribution in [0.25, 0.3) is 0 Å². The molecule has 3 aromatic carbocycles. The predicted octanol–water partition coefficient (Wildman–Crippen LogP) is 6.11. The first-order valence-electron chi connectivity index (χ1n) is 9.85. The zero-order valence-electron chi connectivity index (χ0n) is 18.1. The first-order chi connectivity index (χ1) is 15.0. The first-order valence-corrected chi connectivity index (χ1v) is 12.0. The van der Waals surface area contributed by atoms with Crippen LogP contribution in [0.5, 0.6) is 5.75 Å². The summed E-state index contributed by atoms with van der Waals surface area (Å²) in [6.45, 7) is 6.90. The molecule has 3 aromatic rings. The second kappa shape index (κ2) is 9.53. The molecule has 168 valence electrons. The van der Waals surface area contributed by atoms with Gasteiger partial charge >= 0.3 is 0 Å². The van der Waals surface area contributed by atoms with Crippen molar-refractivity contribution in [3.05, 3.63) is 87.4 Å². The van der Waals surface area contributed by atoms with Gasteiger partial charge in [0.05, 0.1) is 10.6 Å². The van der Waals surface area contributed by atoms with Gasteiger partial charge in [-0.05, 0) is 92.9 Å². The lowest BCUT2D eigenvalue weighted by Gasteiger charge is -2.27. The lowest BCUT2D eigenvalue weighted by molar-refractivity contribution is -0.123. The smallest absolute Gasteiger partial charge is 0.281 e. The van der Waals surface area contributed by atoms with Gasteiger partial charge in [0.1, 0.15) is 5.75 Å². The Labute approximate surface area is 198 Å². The Morgan fingerprint density at radius 3 is 2.12 bits per heavy atom. The normalized spacial score (nSPS) is 12.3. The molecule has 0 radical (unpaired) electrons. The summed E-state index contributed by atoms with van der Waals surface area (Å²) in [6.07, 6.45) is -1.09. The summed E-state index contributed by atoms with van der Waals surface area (Å²) in [7, 11) is -4.24. The van der Waals surface area contributed by atoms with Crippen LogP contribution < -0.4 is 9.04 Å². The van der Waals surface area contributed by atoms with Crippen LogP contribution in [0.4, 0.5) is 5.69 Å². The van der Waals surface area contributed by atoms with E-state index in [0.29, 0.717) is 21.4 Å². The molecule has 8 heteroatoms. The average Bonchev–Trinajstić information content (AvgIpc) is 2.72. The molecule has 0 aliphatic rings. The molecule has 0 saturated carbocycles. The Kier molecular flexibility index (Phi) is 7.18. The van der Waals surface area contributed by atoms with Crippen molar-refractivity contribution < 1.29 is 17.9 Å². The molecular weight excluding hydrogens is 469 g/mol. The van der Waals surface area contributed by atoms with Crippen molar-refractivity contribution in [3.8, 4) is 5.75 Å². The highest BCUT2D eigenvalue weighted by Gasteiger charge is 2.36. The van der Waals surface area contributed by atoms with E-state index in [1.807, 2.05) is 13.0 Å². The number of carbonyl (C=O) groups excluding carboxylic acids is 1. The molecule has 0 fully saturated rings. The molecular formula is C24H23Cl2NO4S. The summed E-state index contributed by atoms with van der Waals surface area (Å²) in [5, 5.41) is 0.930. The Bertz CT molecular complexity index is 1260. The SMILES string of the molecule is Cc1ccc(C)c(N(C(=O)C(C)Oc2ccc(Cl)cc2C)S(=O)(=O)c2ccc(Cl)cc2)c1. The van der Waals surface area contributed by atoms with Crippen LogP contribution in [0.3, 0.4) is 0 Å². The number of benzene rings is 3. The van der Waals surface area contributed by atoms with Gasteiger partial charge in [0.25, 0.3) is 15.9 Å². The highest BCUT2D eigenvalue weighted by Crippen LogP contribution is 2.30. The third kappa shape index (κ3) is 5.09. The lowest BCUT2D eigenvalue weighted by atomic mass is 10.1. The van der Waals surface area contributed by atoms with E-state index < -0.39 is 22.0 Å². The number of hydrogen-bond acceptors (Lipinski definition) is 4. The van der Waals surface area contributed by atoms with Gasteiger partial charge < -0.3 is 4.74 Å². The topological polar surface area (TPSA) is 63.7 Å². The van der Waals surface area contributed by atoms with Gasteiger partial charge in [-0.3, -0.25) is 4.79 Å². The number of rotatable bonds is 6. The van der Waals surface area contributed by atoms with E-state index in [-0.39, 0.29) is 10.6 Å². The van der Waals surface area contributed by atoms with Crippen LogP contribution in [0.15, 0.2) is 65.6 Å². The Hall–Kier alpha value is -2.54. The summed E-state index contributed by atoms with van der Waals surface area (Å²) in [4.78, 5) is 13.5. The molecule has 0 saturated heterocycles. The van der Waals surface area contributed by atoms with Crippen molar-refractivity contribution in [3.63, 3.8) is 0 Å². The zero-order valence-corrected chi connectivity index (χ0v) is 20.4. The predicted molar refractivity (Wildman–Crippen MR) is 128 cm³/mol.